The van der Waals surface area contributed by atoms with E-state index in [2.05, 4.69) is 36.8 Å². The minimum atomic E-state index is -0.205. The number of hydrazone groups is 1. The summed E-state index contributed by atoms with van der Waals surface area (Å²) < 4.78 is 8.65. The number of amides is 1. The fourth-order valence-electron chi connectivity index (χ4n) is 3.03. The molecule has 3 aromatic carbocycles. The van der Waals surface area contributed by atoms with Crippen molar-refractivity contribution < 1.29 is 9.53 Å². The Kier molecular flexibility index (Phi) is 6.68. The number of nitrogens with zero attached hydrogens (tertiary/aromatic N) is 4. The van der Waals surface area contributed by atoms with Crippen molar-refractivity contribution in [3.8, 4) is 5.75 Å². The molecule has 4 rings (SSSR count). The van der Waals surface area contributed by atoms with Gasteiger partial charge in [-0.15, -0.1) is 5.10 Å². The molecule has 0 saturated heterocycles. The predicted molar refractivity (Wildman–Crippen MR) is 123 cm³/mol. The standard InChI is InChI=1S/C23H20BrN5O2/c24-19-8-5-6-17(14-19)16-31-22-11-4-1-7-18(22)15-25-27-23(30)12-13-29-21-10-3-2-9-20(21)26-28-29/h1-11,14-15H,12-13,16H2,(H,27,30). The summed E-state index contributed by atoms with van der Waals surface area (Å²) in [5, 5.41) is 12.2. The molecule has 1 heterocycles. The smallest absolute Gasteiger partial charge is 0.241 e. The van der Waals surface area contributed by atoms with Gasteiger partial charge in [0, 0.05) is 16.5 Å². The summed E-state index contributed by atoms with van der Waals surface area (Å²) >= 11 is 3.46. The number of carbonyl (C=O) groups excluding carboxylic acids is 1. The summed E-state index contributed by atoms with van der Waals surface area (Å²) in [5.74, 6) is 0.484. The number of hydrogen-bond acceptors (Lipinski definition) is 5. The highest BCUT2D eigenvalue weighted by molar-refractivity contribution is 9.10. The highest BCUT2D eigenvalue weighted by Gasteiger charge is 2.06. The molecule has 1 aromatic heterocycles. The largest absolute Gasteiger partial charge is 0.488 e. The number of rotatable bonds is 8. The van der Waals surface area contributed by atoms with Gasteiger partial charge in [0.25, 0.3) is 0 Å². The molecule has 0 fully saturated rings. The second kappa shape index (κ2) is 9.99. The van der Waals surface area contributed by atoms with Crippen molar-refractivity contribution in [2.45, 2.75) is 19.6 Å². The SMILES string of the molecule is O=C(CCn1nnc2ccccc21)NN=Cc1ccccc1OCc1cccc(Br)c1. The van der Waals surface area contributed by atoms with Gasteiger partial charge in [-0.3, -0.25) is 4.79 Å². The van der Waals surface area contributed by atoms with Crippen molar-refractivity contribution in [1.82, 2.24) is 20.4 Å². The van der Waals surface area contributed by atoms with E-state index in [4.69, 9.17) is 4.74 Å². The van der Waals surface area contributed by atoms with Gasteiger partial charge in [-0.2, -0.15) is 5.10 Å². The number of nitrogens with one attached hydrogen (secondary N) is 1. The molecular formula is C23H20BrN5O2. The monoisotopic (exact) mass is 477 g/mol. The Labute approximate surface area is 187 Å². The first-order valence-corrected chi connectivity index (χ1v) is 10.5. The van der Waals surface area contributed by atoms with Crippen LogP contribution in [0.15, 0.2) is 82.4 Å². The van der Waals surface area contributed by atoms with E-state index >= 15 is 0 Å². The van der Waals surface area contributed by atoms with Gasteiger partial charge in [-0.05, 0) is 42.0 Å². The molecule has 1 amide bonds. The van der Waals surface area contributed by atoms with Gasteiger partial charge in [0.1, 0.15) is 17.9 Å². The summed E-state index contributed by atoms with van der Waals surface area (Å²) in [5.41, 5.74) is 6.09. The Morgan fingerprint density at radius 1 is 1.10 bits per heavy atom. The topological polar surface area (TPSA) is 81.4 Å². The van der Waals surface area contributed by atoms with E-state index in [1.807, 2.05) is 72.8 Å². The van der Waals surface area contributed by atoms with Crippen LogP contribution in [0.5, 0.6) is 5.75 Å². The van der Waals surface area contributed by atoms with E-state index in [0.717, 1.165) is 26.6 Å². The molecular weight excluding hydrogens is 458 g/mol. The second-order valence-corrected chi connectivity index (χ2v) is 7.72. The van der Waals surface area contributed by atoms with Crippen LogP contribution in [0.25, 0.3) is 11.0 Å². The summed E-state index contributed by atoms with van der Waals surface area (Å²) in [6, 6.07) is 23.1. The third kappa shape index (κ3) is 5.55. The lowest BCUT2D eigenvalue weighted by molar-refractivity contribution is -0.121. The number of halogens is 1. The van der Waals surface area contributed by atoms with Crippen molar-refractivity contribution in [1.29, 1.82) is 0 Å². The van der Waals surface area contributed by atoms with Gasteiger partial charge in [-0.1, -0.05) is 57.5 Å². The lowest BCUT2D eigenvalue weighted by Gasteiger charge is -2.09. The van der Waals surface area contributed by atoms with Crippen molar-refractivity contribution in [2.75, 3.05) is 0 Å². The maximum absolute atomic E-state index is 12.2. The van der Waals surface area contributed by atoms with Gasteiger partial charge in [-0.25, -0.2) is 10.1 Å². The fraction of sp³-hybridized carbons (Fsp3) is 0.130. The average Bonchev–Trinajstić information content (AvgIpc) is 3.20. The Morgan fingerprint density at radius 3 is 2.84 bits per heavy atom. The molecule has 0 saturated carbocycles. The lowest BCUT2D eigenvalue weighted by atomic mass is 10.2. The normalized spacial score (nSPS) is 11.1. The molecule has 31 heavy (non-hydrogen) atoms. The highest BCUT2D eigenvalue weighted by atomic mass is 79.9. The molecule has 0 aliphatic rings. The molecule has 0 bridgehead atoms. The Bertz CT molecular complexity index is 1220. The van der Waals surface area contributed by atoms with Crippen LogP contribution < -0.4 is 10.2 Å². The van der Waals surface area contributed by atoms with Crippen molar-refractivity contribution in [2.24, 2.45) is 5.10 Å². The van der Waals surface area contributed by atoms with Crippen molar-refractivity contribution in [3.63, 3.8) is 0 Å². The number of aromatic nitrogens is 3. The molecule has 0 aliphatic carbocycles. The highest BCUT2D eigenvalue weighted by Crippen LogP contribution is 2.19. The zero-order chi connectivity index (χ0) is 21.5. The van der Waals surface area contributed by atoms with Crippen LogP contribution in [0.1, 0.15) is 17.5 Å². The van der Waals surface area contributed by atoms with E-state index in [1.165, 1.54) is 0 Å². The first kappa shape index (κ1) is 20.7. The number of carbonyl (C=O) groups is 1. The Morgan fingerprint density at radius 2 is 1.94 bits per heavy atom. The number of hydrogen-bond donors (Lipinski definition) is 1. The van der Waals surface area contributed by atoms with Gasteiger partial charge in [0.15, 0.2) is 0 Å². The van der Waals surface area contributed by atoms with Crippen molar-refractivity contribution in [3.05, 3.63) is 88.4 Å². The summed E-state index contributed by atoms with van der Waals surface area (Å²) in [4.78, 5) is 12.2. The molecule has 8 heteroatoms. The number of fused-ring (bicyclic) bond motifs is 1. The number of ether oxygens (including phenoxy) is 1. The maximum atomic E-state index is 12.2. The van der Waals surface area contributed by atoms with Gasteiger partial charge in [0.2, 0.25) is 5.91 Å². The second-order valence-electron chi connectivity index (χ2n) is 6.80. The molecule has 0 spiro atoms. The molecule has 4 aromatic rings. The average molecular weight is 478 g/mol. The maximum Gasteiger partial charge on any atom is 0.241 e. The van der Waals surface area contributed by atoms with E-state index in [1.54, 1.807) is 10.9 Å². The van der Waals surface area contributed by atoms with Gasteiger partial charge in [0.05, 0.1) is 18.3 Å². The van der Waals surface area contributed by atoms with Gasteiger partial charge >= 0.3 is 0 Å². The Hall–Kier alpha value is -3.52. The first-order valence-electron chi connectivity index (χ1n) is 9.75. The molecule has 1 N–H and O–H groups in total. The van der Waals surface area contributed by atoms with E-state index < -0.39 is 0 Å². The van der Waals surface area contributed by atoms with E-state index in [0.29, 0.717) is 18.9 Å². The Balaban J connectivity index is 1.31. The minimum absolute atomic E-state index is 0.205. The van der Waals surface area contributed by atoms with E-state index in [9.17, 15) is 4.79 Å². The van der Waals surface area contributed by atoms with Crippen LogP contribution in [-0.2, 0) is 17.9 Å². The van der Waals surface area contributed by atoms with Crippen LogP contribution in [0, 0.1) is 0 Å². The lowest BCUT2D eigenvalue weighted by Crippen LogP contribution is -2.19. The molecule has 0 atom stereocenters. The minimum Gasteiger partial charge on any atom is -0.488 e. The van der Waals surface area contributed by atoms with Crippen molar-refractivity contribution >= 4 is 39.1 Å². The van der Waals surface area contributed by atoms with Crippen LogP contribution in [-0.4, -0.2) is 27.1 Å². The van der Waals surface area contributed by atoms with Crippen LogP contribution in [0.3, 0.4) is 0 Å². The molecule has 0 radical (unpaired) electrons. The quantitative estimate of drug-likeness (QED) is 0.302. The molecule has 156 valence electrons. The summed E-state index contributed by atoms with van der Waals surface area (Å²) in [6.07, 6.45) is 1.82. The number of aryl methyl sites for hydroxylation is 1. The predicted octanol–water partition coefficient (Wildman–Crippen LogP) is 4.31. The third-order valence-electron chi connectivity index (χ3n) is 4.57. The first-order chi connectivity index (χ1) is 15.2. The zero-order valence-electron chi connectivity index (χ0n) is 16.6. The number of benzene rings is 3. The van der Waals surface area contributed by atoms with Gasteiger partial charge < -0.3 is 4.74 Å². The molecule has 7 nitrogen and oxygen atoms in total. The van der Waals surface area contributed by atoms with Crippen LogP contribution in [0.2, 0.25) is 0 Å². The summed E-state index contributed by atoms with van der Waals surface area (Å²) in [7, 11) is 0. The van der Waals surface area contributed by atoms with Crippen LogP contribution >= 0.6 is 15.9 Å². The van der Waals surface area contributed by atoms with E-state index in [-0.39, 0.29) is 12.3 Å². The third-order valence-corrected chi connectivity index (χ3v) is 5.06. The fourth-order valence-corrected chi connectivity index (χ4v) is 3.47. The summed E-state index contributed by atoms with van der Waals surface area (Å²) in [6.45, 7) is 0.858. The molecule has 0 aliphatic heterocycles. The number of para-hydroxylation sites is 2. The van der Waals surface area contributed by atoms with Crippen LogP contribution in [0.4, 0.5) is 0 Å². The zero-order valence-corrected chi connectivity index (χ0v) is 18.2. The molecule has 0 unspecified atom stereocenters.